The first-order valence-electron chi connectivity index (χ1n) is 4.10. The fourth-order valence-electron chi connectivity index (χ4n) is 1.02. The van der Waals surface area contributed by atoms with Crippen molar-refractivity contribution in [1.82, 2.24) is 0 Å². The van der Waals surface area contributed by atoms with Crippen LogP contribution >= 0.6 is 34.5 Å². The third kappa shape index (κ3) is 2.18. The summed E-state index contributed by atoms with van der Waals surface area (Å²) in [5.74, 6) is 0.329. The van der Waals surface area contributed by atoms with E-state index in [1.54, 1.807) is 0 Å². The van der Waals surface area contributed by atoms with Gasteiger partial charge in [0.1, 0.15) is 0 Å². The Morgan fingerprint density at radius 1 is 1.46 bits per heavy atom. The van der Waals surface area contributed by atoms with Crippen molar-refractivity contribution >= 4 is 34.5 Å². The van der Waals surface area contributed by atoms with Gasteiger partial charge in [0.25, 0.3) is 0 Å². The molecule has 0 aliphatic heterocycles. The summed E-state index contributed by atoms with van der Waals surface area (Å²) in [6.45, 7) is 6.12. The molecule has 0 amide bonds. The molecule has 0 radical (unpaired) electrons. The molecule has 1 atom stereocenters. The quantitative estimate of drug-likeness (QED) is 0.831. The molecule has 1 heterocycles. The molecule has 0 fully saturated rings. The van der Waals surface area contributed by atoms with Crippen LogP contribution in [0.25, 0.3) is 0 Å². The second-order valence-corrected chi connectivity index (χ2v) is 5.96. The van der Waals surface area contributed by atoms with Gasteiger partial charge in [0.2, 0.25) is 0 Å². The fraction of sp³-hybridized carbons (Fsp3) is 0.556. The van der Waals surface area contributed by atoms with Gasteiger partial charge in [0, 0.05) is 11.1 Å². The molecular formula is C9H13Cl2NS. The third-order valence-electron chi connectivity index (χ3n) is 2.44. The van der Waals surface area contributed by atoms with Gasteiger partial charge in [-0.3, -0.25) is 0 Å². The maximum Gasteiger partial charge on any atom is 0.0994 e. The van der Waals surface area contributed by atoms with Gasteiger partial charge in [-0.25, -0.2) is 0 Å². The van der Waals surface area contributed by atoms with Crippen molar-refractivity contribution in [2.24, 2.45) is 11.7 Å². The van der Waals surface area contributed by atoms with Crippen molar-refractivity contribution in [2.75, 3.05) is 0 Å². The summed E-state index contributed by atoms with van der Waals surface area (Å²) >= 11 is 13.2. The lowest BCUT2D eigenvalue weighted by atomic mass is 9.84. The van der Waals surface area contributed by atoms with Crippen LogP contribution in [0.4, 0.5) is 0 Å². The van der Waals surface area contributed by atoms with Crippen molar-refractivity contribution in [3.05, 3.63) is 20.3 Å². The minimum Gasteiger partial charge on any atom is -0.321 e. The van der Waals surface area contributed by atoms with E-state index >= 15 is 0 Å². The van der Waals surface area contributed by atoms with Crippen LogP contribution in [0.1, 0.15) is 26.3 Å². The van der Waals surface area contributed by atoms with Crippen LogP contribution in [0.15, 0.2) is 6.07 Å². The first-order valence-corrected chi connectivity index (χ1v) is 5.67. The number of halogens is 2. The molecule has 2 N–H and O–H groups in total. The van der Waals surface area contributed by atoms with Crippen LogP contribution in [0.3, 0.4) is 0 Å². The molecule has 1 unspecified atom stereocenters. The molecule has 1 aromatic heterocycles. The zero-order valence-electron chi connectivity index (χ0n) is 7.90. The van der Waals surface area contributed by atoms with E-state index in [2.05, 4.69) is 13.8 Å². The Kier molecular flexibility index (Phi) is 3.29. The summed E-state index contributed by atoms with van der Waals surface area (Å²) in [7, 11) is 0. The van der Waals surface area contributed by atoms with Crippen LogP contribution in [-0.4, -0.2) is 0 Å². The smallest absolute Gasteiger partial charge is 0.0994 e. The van der Waals surface area contributed by atoms with Gasteiger partial charge < -0.3 is 5.73 Å². The molecule has 13 heavy (non-hydrogen) atoms. The highest BCUT2D eigenvalue weighted by molar-refractivity contribution is 7.20. The summed E-state index contributed by atoms with van der Waals surface area (Å²) in [6.07, 6.45) is 0. The molecule has 0 bridgehead atoms. The van der Waals surface area contributed by atoms with E-state index in [0.29, 0.717) is 14.6 Å². The van der Waals surface area contributed by atoms with Gasteiger partial charge in [-0.05, 0) is 18.9 Å². The molecular weight excluding hydrogens is 225 g/mol. The Morgan fingerprint density at radius 3 is 2.31 bits per heavy atom. The number of rotatable bonds is 2. The van der Waals surface area contributed by atoms with E-state index in [9.17, 15) is 0 Å². The summed E-state index contributed by atoms with van der Waals surface area (Å²) in [5, 5.41) is 0. The molecule has 0 saturated heterocycles. The van der Waals surface area contributed by atoms with Gasteiger partial charge in [-0.2, -0.15) is 0 Å². The highest BCUT2D eigenvalue weighted by Gasteiger charge is 2.29. The van der Waals surface area contributed by atoms with E-state index < -0.39 is 5.54 Å². The zero-order chi connectivity index (χ0) is 10.2. The average molecular weight is 238 g/mol. The minimum atomic E-state index is -0.402. The van der Waals surface area contributed by atoms with Crippen molar-refractivity contribution in [3.63, 3.8) is 0 Å². The van der Waals surface area contributed by atoms with Crippen LogP contribution < -0.4 is 5.73 Å². The summed E-state index contributed by atoms with van der Waals surface area (Å²) in [4.78, 5) is 0. The van der Waals surface area contributed by atoms with E-state index in [0.717, 1.165) is 5.56 Å². The fourth-order valence-corrected chi connectivity index (χ4v) is 2.72. The molecule has 1 aromatic rings. The summed E-state index contributed by atoms with van der Waals surface area (Å²) in [5.41, 5.74) is 6.70. The van der Waals surface area contributed by atoms with E-state index in [1.165, 1.54) is 11.3 Å². The average Bonchev–Trinajstić information content (AvgIpc) is 2.30. The normalized spacial score (nSPS) is 16.2. The lowest BCUT2D eigenvalue weighted by molar-refractivity contribution is 0.352. The third-order valence-corrected chi connectivity index (χ3v) is 3.92. The second kappa shape index (κ2) is 3.77. The van der Waals surface area contributed by atoms with Crippen LogP contribution in [-0.2, 0) is 5.54 Å². The maximum atomic E-state index is 6.16. The molecule has 0 spiro atoms. The molecule has 0 aliphatic rings. The first kappa shape index (κ1) is 11.3. The standard InChI is InChI=1S/C9H13Cl2NS/c1-5(2)9(3,12)6-4-7(10)13-8(6)11/h4-5H,12H2,1-3H3. The number of nitrogens with two attached hydrogens (primary N) is 1. The van der Waals surface area contributed by atoms with Gasteiger partial charge in [-0.15, -0.1) is 11.3 Å². The Hall–Kier alpha value is 0.240. The van der Waals surface area contributed by atoms with Gasteiger partial charge in [0.15, 0.2) is 0 Å². The van der Waals surface area contributed by atoms with Gasteiger partial charge >= 0.3 is 0 Å². The van der Waals surface area contributed by atoms with Gasteiger partial charge in [-0.1, -0.05) is 37.0 Å². The summed E-state index contributed by atoms with van der Waals surface area (Å²) < 4.78 is 1.39. The van der Waals surface area contributed by atoms with Crippen molar-refractivity contribution in [1.29, 1.82) is 0 Å². The molecule has 0 aromatic carbocycles. The highest BCUT2D eigenvalue weighted by Crippen LogP contribution is 2.39. The maximum absolute atomic E-state index is 6.16. The Bertz CT molecular complexity index is 305. The SMILES string of the molecule is CC(C)C(C)(N)c1cc(Cl)sc1Cl. The highest BCUT2D eigenvalue weighted by atomic mass is 35.5. The monoisotopic (exact) mass is 237 g/mol. The Labute approximate surface area is 92.8 Å². The first-order chi connectivity index (χ1) is 5.85. The largest absolute Gasteiger partial charge is 0.321 e. The second-order valence-electron chi connectivity index (χ2n) is 3.68. The zero-order valence-corrected chi connectivity index (χ0v) is 10.2. The Balaban J connectivity index is 3.13. The van der Waals surface area contributed by atoms with E-state index in [4.69, 9.17) is 28.9 Å². The summed E-state index contributed by atoms with van der Waals surface area (Å²) in [6, 6.07) is 1.86. The van der Waals surface area contributed by atoms with Crippen LogP contribution in [0, 0.1) is 5.92 Å². The number of hydrogen-bond donors (Lipinski definition) is 1. The van der Waals surface area contributed by atoms with Crippen LogP contribution in [0.2, 0.25) is 8.67 Å². The van der Waals surface area contributed by atoms with E-state index in [-0.39, 0.29) is 0 Å². The number of thiophene rings is 1. The lowest BCUT2D eigenvalue weighted by Crippen LogP contribution is -2.38. The predicted octanol–water partition coefficient (Wildman–Crippen LogP) is 3.88. The molecule has 1 rings (SSSR count). The van der Waals surface area contributed by atoms with Crippen molar-refractivity contribution in [2.45, 2.75) is 26.3 Å². The number of hydrogen-bond acceptors (Lipinski definition) is 2. The Morgan fingerprint density at radius 2 is 2.00 bits per heavy atom. The topological polar surface area (TPSA) is 26.0 Å². The molecule has 74 valence electrons. The minimum absolute atomic E-state index is 0.329. The predicted molar refractivity (Wildman–Crippen MR) is 60.7 cm³/mol. The van der Waals surface area contributed by atoms with Gasteiger partial charge in [0.05, 0.1) is 8.67 Å². The van der Waals surface area contributed by atoms with Crippen molar-refractivity contribution < 1.29 is 0 Å². The molecule has 0 aliphatic carbocycles. The van der Waals surface area contributed by atoms with E-state index in [1.807, 2.05) is 13.0 Å². The molecule has 1 nitrogen and oxygen atoms in total. The molecule has 0 saturated carbocycles. The molecule has 4 heteroatoms. The van der Waals surface area contributed by atoms with Crippen LogP contribution in [0.5, 0.6) is 0 Å². The van der Waals surface area contributed by atoms with Crippen molar-refractivity contribution in [3.8, 4) is 0 Å². The lowest BCUT2D eigenvalue weighted by Gasteiger charge is -2.28.